The molecule has 0 amide bonds. The minimum absolute atomic E-state index is 0.00936. The smallest absolute Gasteiger partial charge is 0.361 e. The van der Waals surface area contributed by atoms with E-state index in [-0.39, 0.29) is 52.5 Å². The maximum Gasteiger partial charge on any atom is 0.418 e. The number of nitrogens with zero attached hydrogens (tertiary/aromatic N) is 4. The van der Waals surface area contributed by atoms with Crippen LogP contribution in [0.25, 0.3) is 22.4 Å². The van der Waals surface area contributed by atoms with Crippen LogP contribution in [-0.2, 0) is 29.1 Å². The SMILES string of the molecule is CC(OCn1nc(Cl)cc(-c2nc3c(C(F)(F)F)cccc3n2COC(C)[Si](C)(C)C)c1=O)[Si](C)(C)C. The zero-order valence-corrected chi connectivity index (χ0v) is 25.2. The number of hydrogen-bond donors (Lipinski definition) is 0. The van der Waals surface area contributed by atoms with E-state index in [2.05, 4.69) is 49.4 Å². The predicted molar refractivity (Wildman–Crippen MR) is 145 cm³/mol. The van der Waals surface area contributed by atoms with Gasteiger partial charge in [0, 0.05) is 11.5 Å². The van der Waals surface area contributed by atoms with E-state index in [4.69, 9.17) is 21.1 Å². The van der Waals surface area contributed by atoms with Crippen LogP contribution in [0.5, 0.6) is 0 Å². The fourth-order valence-corrected chi connectivity index (χ4v) is 4.69. The zero-order chi connectivity index (χ0) is 27.9. The Morgan fingerprint density at radius 3 is 2.11 bits per heavy atom. The lowest BCUT2D eigenvalue weighted by molar-refractivity contribution is -0.136. The van der Waals surface area contributed by atoms with Gasteiger partial charge in [0.1, 0.15) is 24.8 Å². The Kier molecular flexibility index (Phi) is 8.50. The first-order valence-electron chi connectivity index (χ1n) is 12.0. The molecule has 0 radical (unpaired) electrons. The van der Waals surface area contributed by atoms with Crippen molar-refractivity contribution in [3.05, 3.63) is 45.3 Å². The van der Waals surface area contributed by atoms with Crippen molar-refractivity contribution >= 4 is 38.8 Å². The number of fused-ring (bicyclic) bond motifs is 1. The molecule has 0 aliphatic carbocycles. The molecule has 1 aromatic carbocycles. The van der Waals surface area contributed by atoms with Crippen molar-refractivity contribution in [1.29, 1.82) is 0 Å². The van der Waals surface area contributed by atoms with Crippen LogP contribution >= 0.6 is 11.6 Å². The van der Waals surface area contributed by atoms with Crippen LogP contribution in [0.2, 0.25) is 44.4 Å². The van der Waals surface area contributed by atoms with Crippen LogP contribution in [0.3, 0.4) is 0 Å². The molecule has 2 aromatic heterocycles. The summed E-state index contributed by atoms with van der Waals surface area (Å²) in [6, 6.07) is 5.13. The van der Waals surface area contributed by atoms with Crippen LogP contribution in [0.15, 0.2) is 29.1 Å². The molecule has 3 aromatic rings. The number of hydrogen-bond acceptors (Lipinski definition) is 5. The first-order valence-corrected chi connectivity index (χ1v) is 19.5. The van der Waals surface area contributed by atoms with Gasteiger partial charge in [0.2, 0.25) is 0 Å². The van der Waals surface area contributed by atoms with Gasteiger partial charge in [-0.15, -0.1) is 0 Å². The molecule has 2 unspecified atom stereocenters. The van der Waals surface area contributed by atoms with Crippen molar-refractivity contribution in [1.82, 2.24) is 19.3 Å². The van der Waals surface area contributed by atoms with Gasteiger partial charge < -0.3 is 9.47 Å². The predicted octanol–water partition coefficient (Wildman–Crippen LogP) is 6.41. The largest absolute Gasteiger partial charge is 0.418 e. The summed E-state index contributed by atoms with van der Waals surface area (Å²) < 4.78 is 56.0. The molecule has 2 atom stereocenters. The number of ether oxygens (including phenoxy) is 2. The standard InChI is InChI=1S/C24H34ClF3N4O3Si2/c1-15(36(3,4)5)34-13-31-19-11-9-10-18(24(26,27)28)21(19)29-22(31)17-12-20(25)30-32(23(17)33)14-35-16(2)37(6,7)8/h9-12,15-16H,13-14H2,1-8H3. The molecule has 0 saturated carbocycles. The summed E-state index contributed by atoms with van der Waals surface area (Å²) in [6.07, 6.45) is -4.63. The molecular formula is C24H34ClF3N4O3Si2. The number of alkyl halides is 3. The third-order valence-electron chi connectivity index (χ3n) is 6.61. The molecule has 0 aliphatic heterocycles. The Morgan fingerprint density at radius 1 is 1.00 bits per heavy atom. The molecule has 0 aliphatic rings. The van der Waals surface area contributed by atoms with Crippen LogP contribution in [-0.4, -0.2) is 46.9 Å². The molecule has 0 spiro atoms. The van der Waals surface area contributed by atoms with E-state index in [1.54, 1.807) is 0 Å². The lowest BCUT2D eigenvalue weighted by Crippen LogP contribution is -2.39. The molecule has 0 N–H and O–H groups in total. The molecule has 0 fully saturated rings. The van der Waals surface area contributed by atoms with Gasteiger partial charge >= 0.3 is 6.18 Å². The lowest BCUT2D eigenvalue weighted by Gasteiger charge is -2.26. The molecular weight excluding hydrogens is 541 g/mol. The average Bonchev–Trinajstić information content (AvgIpc) is 3.13. The van der Waals surface area contributed by atoms with E-state index in [1.165, 1.54) is 22.8 Å². The Hall–Kier alpha value is -2.00. The molecule has 0 bridgehead atoms. The first-order chi connectivity index (χ1) is 16.9. The van der Waals surface area contributed by atoms with Gasteiger partial charge in [0.25, 0.3) is 5.56 Å². The van der Waals surface area contributed by atoms with Crippen molar-refractivity contribution in [2.24, 2.45) is 0 Å². The molecule has 3 rings (SSSR count). The fourth-order valence-electron chi connectivity index (χ4n) is 3.34. The summed E-state index contributed by atoms with van der Waals surface area (Å²) >= 11 is 6.26. The van der Waals surface area contributed by atoms with Gasteiger partial charge in [-0.3, -0.25) is 9.36 Å². The number of halogens is 4. The first kappa shape index (κ1) is 29.6. The number of aromatic nitrogens is 4. The maximum atomic E-state index is 13.8. The van der Waals surface area contributed by atoms with Crippen LogP contribution in [0.1, 0.15) is 19.4 Å². The van der Waals surface area contributed by atoms with Gasteiger partial charge in [-0.1, -0.05) is 56.9 Å². The van der Waals surface area contributed by atoms with E-state index in [1.807, 2.05) is 13.8 Å². The maximum absolute atomic E-state index is 13.8. The Bertz CT molecular complexity index is 1330. The average molecular weight is 575 g/mol. The monoisotopic (exact) mass is 574 g/mol. The number of benzene rings is 1. The summed E-state index contributed by atoms with van der Waals surface area (Å²) in [4.78, 5) is 17.8. The second-order valence-electron chi connectivity index (χ2n) is 11.3. The van der Waals surface area contributed by atoms with Gasteiger partial charge in [0.05, 0.1) is 32.8 Å². The van der Waals surface area contributed by atoms with Crippen molar-refractivity contribution < 1.29 is 22.6 Å². The quantitative estimate of drug-likeness (QED) is 0.276. The molecule has 2 heterocycles. The topological polar surface area (TPSA) is 71.2 Å². The zero-order valence-electron chi connectivity index (χ0n) is 22.4. The van der Waals surface area contributed by atoms with Crippen molar-refractivity contribution in [2.75, 3.05) is 0 Å². The van der Waals surface area contributed by atoms with Gasteiger partial charge in [-0.25, -0.2) is 9.67 Å². The van der Waals surface area contributed by atoms with Crippen LogP contribution in [0, 0.1) is 0 Å². The Labute approximate surface area is 221 Å². The molecule has 7 nitrogen and oxygen atoms in total. The number of imidazole rings is 1. The Morgan fingerprint density at radius 2 is 1.57 bits per heavy atom. The third-order valence-corrected chi connectivity index (χ3v) is 12.0. The highest BCUT2D eigenvalue weighted by atomic mass is 35.5. The molecule has 13 heteroatoms. The summed E-state index contributed by atoms with van der Waals surface area (Å²) in [6.45, 7) is 16.5. The van der Waals surface area contributed by atoms with E-state index in [9.17, 15) is 18.0 Å². The van der Waals surface area contributed by atoms with E-state index in [0.29, 0.717) is 0 Å². The van der Waals surface area contributed by atoms with Gasteiger partial charge in [-0.2, -0.15) is 18.3 Å². The highest BCUT2D eigenvalue weighted by Crippen LogP contribution is 2.36. The molecule has 37 heavy (non-hydrogen) atoms. The molecule has 204 valence electrons. The highest BCUT2D eigenvalue weighted by Gasteiger charge is 2.35. The highest BCUT2D eigenvalue weighted by molar-refractivity contribution is 6.77. The second kappa shape index (κ2) is 10.6. The number of rotatable bonds is 9. The Balaban J connectivity index is 2.18. The normalized spacial score (nSPS) is 14.8. The minimum atomic E-state index is -4.63. The molecule has 0 saturated heterocycles. The third kappa shape index (κ3) is 6.72. The summed E-state index contributed by atoms with van der Waals surface area (Å²) in [5, 5.41) is 4.07. The lowest BCUT2D eigenvalue weighted by atomic mass is 10.2. The van der Waals surface area contributed by atoms with Crippen molar-refractivity contribution in [3.63, 3.8) is 0 Å². The second-order valence-corrected chi connectivity index (χ2v) is 22.8. The summed E-state index contributed by atoms with van der Waals surface area (Å²) in [5.41, 5.74) is -1.69. The minimum Gasteiger partial charge on any atom is -0.361 e. The van der Waals surface area contributed by atoms with Gasteiger partial charge in [0.15, 0.2) is 5.15 Å². The fraction of sp³-hybridized carbons (Fsp3) is 0.542. The summed E-state index contributed by atoms with van der Waals surface area (Å²) in [5.74, 6) is 0.0239. The van der Waals surface area contributed by atoms with Crippen molar-refractivity contribution in [3.8, 4) is 11.4 Å². The van der Waals surface area contributed by atoms with E-state index in [0.717, 1.165) is 10.7 Å². The summed E-state index contributed by atoms with van der Waals surface area (Å²) in [7, 11) is -3.36. The van der Waals surface area contributed by atoms with Crippen LogP contribution in [0.4, 0.5) is 13.2 Å². The van der Waals surface area contributed by atoms with Crippen molar-refractivity contribution in [2.45, 2.75) is 84.2 Å². The van der Waals surface area contributed by atoms with E-state index < -0.39 is 33.4 Å². The van der Waals surface area contributed by atoms with Gasteiger partial charge in [-0.05, 0) is 32.0 Å². The van der Waals surface area contributed by atoms with Crippen LogP contribution < -0.4 is 5.56 Å². The number of para-hydroxylation sites is 1. The van der Waals surface area contributed by atoms with E-state index >= 15 is 0 Å².